The molecule has 1 saturated carbocycles. The summed E-state index contributed by atoms with van der Waals surface area (Å²) in [5.74, 6) is -2.68. The molecule has 3 nitrogen and oxygen atoms in total. The summed E-state index contributed by atoms with van der Waals surface area (Å²) in [6, 6.07) is -0.589. The lowest BCUT2D eigenvalue weighted by molar-refractivity contribution is -0.0882. The molecule has 2 fully saturated rings. The molecule has 5 heteroatoms. The standard InChI is InChI=1S/C13H25F2N3/c1-10(2)17-6-8-18(9-7-17)11-4-3-5-13(14,15)12(11)16/h10-12H,3-9,16H2,1-2H3/t11?,12-/m1/s1. The van der Waals surface area contributed by atoms with Crippen molar-refractivity contribution in [3.63, 3.8) is 0 Å². The molecule has 1 heterocycles. The molecule has 0 bridgehead atoms. The van der Waals surface area contributed by atoms with Gasteiger partial charge >= 0.3 is 0 Å². The zero-order chi connectivity index (χ0) is 13.3. The van der Waals surface area contributed by atoms with Gasteiger partial charge in [-0.1, -0.05) is 0 Å². The van der Waals surface area contributed by atoms with Crippen molar-refractivity contribution in [3.05, 3.63) is 0 Å². The molecule has 0 aromatic rings. The van der Waals surface area contributed by atoms with Gasteiger partial charge in [-0.25, -0.2) is 8.78 Å². The maximum absolute atomic E-state index is 13.6. The van der Waals surface area contributed by atoms with Gasteiger partial charge in [0.2, 0.25) is 0 Å². The molecule has 0 radical (unpaired) electrons. The van der Waals surface area contributed by atoms with Gasteiger partial charge in [0.05, 0.1) is 6.04 Å². The van der Waals surface area contributed by atoms with Crippen LogP contribution < -0.4 is 5.73 Å². The van der Waals surface area contributed by atoms with Crippen molar-refractivity contribution in [2.24, 2.45) is 5.73 Å². The van der Waals surface area contributed by atoms with Crippen LogP contribution in [0.1, 0.15) is 33.1 Å². The summed E-state index contributed by atoms with van der Waals surface area (Å²) in [4.78, 5) is 4.57. The second-order valence-corrected chi connectivity index (χ2v) is 5.91. The molecule has 2 rings (SSSR count). The molecule has 106 valence electrons. The lowest BCUT2D eigenvalue weighted by Gasteiger charge is -2.46. The van der Waals surface area contributed by atoms with E-state index in [1.54, 1.807) is 0 Å². The third-order valence-corrected chi connectivity index (χ3v) is 4.46. The van der Waals surface area contributed by atoms with E-state index in [1.807, 2.05) is 0 Å². The second kappa shape index (κ2) is 5.39. The number of nitrogens with zero attached hydrogens (tertiary/aromatic N) is 2. The highest BCUT2D eigenvalue weighted by Gasteiger charge is 2.46. The highest BCUT2D eigenvalue weighted by molar-refractivity contribution is 4.97. The van der Waals surface area contributed by atoms with Gasteiger partial charge in [-0.3, -0.25) is 9.80 Å². The molecule has 2 N–H and O–H groups in total. The molecule has 1 aliphatic carbocycles. The zero-order valence-corrected chi connectivity index (χ0v) is 11.4. The van der Waals surface area contributed by atoms with E-state index in [1.165, 1.54) is 0 Å². The molecule has 18 heavy (non-hydrogen) atoms. The molecular formula is C13H25F2N3. The summed E-state index contributed by atoms with van der Waals surface area (Å²) in [6.07, 6.45) is 1.37. The fourth-order valence-corrected chi connectivity index (χ4v) is 3.17. The van der Waals surface area contributed by atoms with Crippen molar-refractivity contribution < 1.29 is 8.78 Å². The Morgan fingerprint density at radius 3 is 2.33 bits per heavy atom. The molecule has 1 aliphatic heterocycles. The number of hydrogen-bond donors (Lipinski definition) is 1. The van der Waals surface area contributed by atoms with Crippen LogP contribution in [0.4, 0.5) is 8.78 Å². The first kappa shape index (κ1) is 14.2. The van der Waals surface area contributed by atoms with Gasteiger partial charge in [0.15, 0.2) is 0 Å². The lowest BCUT2D eigenvalue weighted by Crippen LogP contribution is -2.62. The first-order chi connectivity index (χ1) is 8.42. The Morgan fingerprint density at radius 1 is 1.17 bits per heavy atom. The van der Waals surface area contributed by atoms with E-state index in [9.17, 15) is 8.78 Å². The minimum atomic E-state index is -2.68. The number of hydrogen-bond acceptors (Lipinski definition) is 3. The third-order valence-electron chi connectivity index (χ3n) is 4.46. The Kier molecular flexibility index (Phi) is 4.24. The van der Waals surface area contributed by atoms with Crippen molar-refractivity contribution in [1.82, 2.24) is 9.80 Å². The molecule has 0 spiro atoms. The molecule has 2 atom stereocenters. The summed E-state index contributed by atoms with van der Waals surface area (Å²) >= 11 is 0. The fraction of sp³-hybridized carbons (Fsp3) is 1.00. The molecule has 1 saturated heterocycles. The van der Waals surface area contributed by atoms with Crippen LogP contribution in [0.3, 0.4) is 0 Å². The maximum atomic E-state index is 13.6. The van der Waals surface area contributed by atoms with Gasteiger partial charge in [-0.05, 0) is 26.7 Å². The summed E-state index contributed by atoms with van der Waals surface area (Å²) in [5, 5.41) is 0. The predicted octanol–water partition coefficient (Wildman–Crippen LogP) is 1.53. The van der Waals surface area contributed by atoms with Crippen LogP contribution in [0, 0.1) is 0 Å². The average Bonchev–Trinajstić information content (AvgIpc) is 2.33. The smallest absolute Gasteiger partial charge is 0.264 e. The van der Waals surface area contributed by atoms with Crippen molar-refractivity contribution in [2.75, 3.05) is 26.2 Å². The van der Waals surface area contributed by atoms with Gasteiger partial charge < -0.3 is 5.73 Å². The number of halogens is 2. The molecule has 0 aromatic carbocycles. The maximum Gasteiger partial charge on any atom is 0.264 e. The summed E-state index contributed by atoms with van der Waals surface area (Å²) in [6.45, 7) is 8.02. The van der Waals surface area contributed by atoms with Crippen LogP contribution in [-0.2, 0) is 0 Å². The largest absolute Gasteiger partial charge is 0.321 e. The van der Waals surface area contributed by atoms with E-state index in [-0.39, 0.29) is 12.5 Å². The second-order valence-electron chi connectivity index (χ2n) is 5.91. The van der Waals surface area contributed by atoms with E-state index in [2.05, 4.69) is 23.6 Å². The average molecular weight is 261 g/mol. The van der Waals surface area contributed by atoms with Crippen molar-refractivity contribution in [1.29, 1.82) is 0 Å². The van der Waals surface area contributed by atoms with Crippen LogP contribution in [-0.4, -0.2) is 60.0 Å². The topological polar surface area (TPSA) is 32.5 Å². The zero-order valence-electron chi connectivity index (χ0n) is 11.4. The first-order valence-corrected chi connectivity index (χ1v) is 7.03. The predicted molar refractivity (Wildman–Crippen MR) is 68.8 cm³/mol. The Morgan fingerprint density at radius 2 is 1.78 bits per heavy atom. The van der Waals surface area contributed by atoms with Gasteiger partial charge in [0, 0.05) is 44.7 Å². The van der Waals surface area contributed by atoms with Gasteiger partial charge in [0.1, 0.15) is 0 Å². The van der Waals surface area contributed by atoms with E-state index in [0.29, 0.717) is 12.5 Å². The number of nitrogens with two attached hydrogens (primary N) is 1. The fourth-order valence-electron chi connectivity index (χ4n) is 3.17. The van der Waals surface area contributed by atoms with E-state index < -0.39 is 12.0 Å². The van der Waals surface area contributed by atoms with Crippen LogP contribution in [0.15, 0.2) is 0 Å². The minimum Gasteiger partial charge on any atom is -0.321 e. The molecule has 1 unspecified atom stereocenters. The lowest BCUT2D eigenvalue weighted by atomic mass is 9.86. The Balaban J connectivity index is 1.93. The van der Waals surface area contributed by atoms with Gasteiger partial charge in [-0.15, -0.1) is 0 Å². The van der Waals surface area contributed by atoms with Crippen LogP contribution in [0.25, 0.3) is 0 Å². The van der Waals surface area contributed by atoms with Crippen molar-refractivity contribution in [3.8, 4) is 0 Å². The minimum absolute atomic E-state index is 0.0450. The van der Waals surface area contributed by atoms with Crippen LogP contribution in [0.2, 0.25) is 0 Å². The number of alkyl halides is 2. The Labute approximate surface area is 108 Å². The Hall–Kier alpha value is -0.260. The Bertz CT molecular complexity index is 275. The van der Waals surface area contributed by atoms with Crippen LogP contribution >= 0.6 is 0 Å². The quantitative estimate of drug-likeness (QED) is 0.818. The molecule has 2 aliphatic rings. The van der Waals surface area contributed by atoms with Crippen LogP contribution in [0.5, 0.6) is 0 Å². The highest BCUT2D eigenvalue weighted by Crippen LogP contribution is 2.35. The van der Waals surface area contributed by atoms with Gasteiger partial charge in [-0.2, -0.15) is 0 Å². The monoisotopic (exact) mass is 261 g/mol. The van der Waals surface area contributed by atoms with E-state index in [0.717, 1.165) is 32.6 Å². The third kappa shape index (κ3) is 2.83. The molecule has 0 amide bonds. The molecular weight excluding hydrogens is 236 g/mol. The highest BCUT2D eigenvalue weighted by atomic mass is 19.3. The summed E-state index contributed by atoms with van der Waals surface area (Å²) in [5.41, 5.74) is 5.78. The first-order valence-electron chi connectivity index (χ1n) is 7.03. The number of rotatable bonds is 2. The van der Waals surface area contributed by atoms with Gasteiger partial charge in [0.25, 0.3) is 5.92 Å². The molecule has 0 aromatic heterocycles. The van der Waals surface area contributed by atoms with E-state index >= 15 is 0 Å². The summed E-state index contributed by atoms with van der Waals surface area (Å²) < 4.78 is 27.3. The number of piperazine rings is 1. The van der Waals surface area contributed by atoms with E-state index in [4.69, 9.17) is 5.73 Å². The SMILES string of the molecule is CC(C)N1CCN(C2CCCC(F)(F)[C@@H]2N)CC1. The normalized spacial score (nSPS) is 35.0. The summed E-state index contributed by atoms with van der Waals surface area (Å²) in [7, 11) is 0. The van der Waals surface area contributed by atoms with Crippen molar-refractivity contribution >= 4 is 0 Å². The van der Waals surface area contributed by atoms with Crippen molar-refractivity contribution in [2.45, 2.75) is 57.2 Å².